The molecule has 0 spiro atoms. The van der Waals surface area contributed by atoms with Crippen molar-refractivity contribution in [1.82, 2.24) is 0 Å². The average molecular weight is 673 g/mol. The first kappa shape index (κ1) is 30.2. The van der Waals surface area contributed by atoms with Gasteiger partial charge in [-0.2, -0.15) is 0 Å². The molecule has 0 unspecified atom stereocenters. The predicted octanol–water partition coefficient (Wildman–Crippen LogP) is 14.8. The zero-order valence-corrected chi connectivity index (χ0v) is 29.8. The quantitative estimate of drug-likeness (QED) is 0.164. The van der Waals surface area contributed by atoms with Crippen molar-refractivity contribution >= 4 is 53.9 Å². The highest BCUT2D eigenvalue weighted by Gasteiger charge is 2.37. The van der Waals surface area contributed by atoms with E-state index in [1.54, 1.807) is 0 Å². The van der Waals surface area contributed by atoms with Crippen LogP contribution in [0.25, 0.3) is 98.4 Å². The molecule has 0 aromatic heterocycles. The van der Waals surface area contributed by atoms with Crippen LogP contribution in [0, 0.1) is 0 Å². The molecular weight excluding hydrogens is 637 g/mol. The van der Waals surface area contributed by atoms with Crippen molar-refractivity contribution in [1.29, 1.82) is 0 Å². The average Bonchev–Trinajstić information content (AvgIpc) is 3.45. The normalized spacial score (nSPS) is 13.2. The van der Waals surface area contributed by atoms with Crippen molar-refractivity contribution in [2.24, 2.45) is 0 Å². The summed E-state index contributed by atoms with van der Waals surface area (Å²) < 4.78 is 0. The van der Waals surface area contributed by atoms with Crippen LogP contribution in [0.4, 0.5) is 0 Å². The molecule has 0 heterocycles. The third kappa shape index (κ3) is 4.42. The third-order valence-electron chi connectivity index (χ3n) is 12.0. The van der Waals surface area contributed by atoms with Gasteiger partial charge in [0, 0.05) is 5.41 Å². The monoisotopic (exact) mass is 672 g/mol. The van der Waals surface area contributed by atoms with Crippen LogP contribution in [0.1, 0.15) is 25.0 Å². The molecule has 0 saturated heterocycles. The first-order chi connectivity index (χ1) is 26.0. The molecule has 248 valence electrons. The molecule has 10 aromatic rings. The van der Waals surface area contributed by atoms with Crippen LogP contribution in [0.2, 0.25) is 0 Å². The Kier molecular flexibility index (Phi) is 6.40. The summed E-state index contributed by atoms with van der Waals surface area (Å²) in [5.41, 5.74) is 13.1. The summed E-state index contributed by atoms with van der Waals surface area (Å²) in [6, 6.07) is 67.9. The minimum atomic E-state index is -0.0814. The summed E-state index contributed by atoms with van der Waals surface area (Å²) in [4.78, 5) is 0. The van der Waals surface area contributed by atoms with Gasteiger partial charge in [0.25, 0.3) is 0 Å². The lowest BCUT2D eigenvalue weighted by atomic mass is 9.79. The summed E-state index contributed by atoms with van der Waals surface area (Å²) in [6.45, 7) is 4.77. The van der Waals surface area contributed by atoms with Crippen molar-refractivity contribution in [2.45, 2.75) is 19.3 Å². The molecule has 0 bridgehead atoms. The zero-order chi connectivity index (χ0) is 35.3. The summed E-state index contributed by atoms with van der Waals surface area (Å²) >= 11 is 0. The Labute approximate surface area is 309 Å². The van der Waals surface area contributed by atoms with Gasteiger partial charge < -0.3 is 0 Å². The lowest BCUT2D eigenvalue weighted by Gasteiger charge is -2.23. The van der Waals surface area contributed by atoms with E-state index in [1.807, 2.05) is 0 Å². The number of hydrogen-bond donors (Lipinski definition) is 0. The second-order valence-electron chi connectivity index (χ2n) is 15.2. The second kappa shape index (κ2) is 11.2. The van der Waals surface area contributed by atoms with E-state index in [1.165, 1.54) is 109 Å². The van der Waals surface area contributed by atoms with Gasteiger partial charge in [-0.3, -0.25) is 0 Å². The minimum Gasteiger partial charge on any atom is -0.0616 e. The lowest BCUT2D eigenvalue weighted by molar-refractivity contribution is 0.666. The lowest BCUT2D eigenvalue weighted by Crippen LogP contribution is -2.15. The van der Waals surface area contributed by atoms with E-state index >= 15 is 0 Å². The standard InChI is InChI=1S/C53H36/c1-53(2)49-32-38(27-28-42(49)48-29-26-34-13-4-6-16-41(34)52(48)53)36-22-23-37-31-39(25-24-35(37)30-36)50-44-17-7-9-19-46(44)51(47-20-10-8-18-45(47)50)43-21-11-14-33-12-3-5-15-40(33)43/h3-32H,1-2H3. The van der Waals surface area contributed by atoms with Gasteiger partial charge in [0.05, 0.1) is 0 Å². The van der Waals surface area contributed by atoms with E-state index in [0.29, 0.717) is 0 Å². The van der Waals surface area contributed by atoms with Crippen LogP contribution in [-0.2, 0) is 5.41 Å². The Morgan fingerprint density at radius 2 is 0.774 bits per heavy atom. The number of hydrogen-bond acceptors (Lipinski definition) is 0. The fourth-order valence-corrected chi connectivity index (χ4v) is 9.53. The molecule has 11 rings (SSSR count). The smallest absolute Gasteiger partial charge is 0.0165 e. The van der Waals surface area contributed by atoms with E-state index in [9.17, 15) is 0 Å². The largest absolute Gasteiger partial charge is 0.0616 e. The van der Waals surface area contributed by atoms with E-state index < -0.39 is 0 Å². The maximum atomic E-state index is 2.44. The van der Waals surface area contributed by atoms with Crippen molar-refractivity contribution in [3.8, 4) is 44.5 Å². The van der Waals surface area contributed by atoms with Crippen molar-refractivity contribution in [2.75, 3.05) is 0 Å². The van der Waals surface area contributed by atoms with E-state index in [-0.39, 0.29) is 5.41 Å². The first-order valence-electron chi connectivity index (χ1n) is 18.7. The Balaban J connectivity index is 1.04. The molecule has 0 atom stereocenters. The third-order valence-corrected chi connectivity index (χ3v) is 12.0. The van der Waals surface area contributed by atoms with Gasteiger partial charge >= 0.3 is 0 Å². The molecule has 0 heteroatoms. The molecular formula is C53H36. The molecule has 0 N–H and O–H groups in total. The Hall–Kier alpha value is -6.50. The van der Waals surface area contributed by atoms with E-state index in [4.69, 9.17) is 0 Å². The summed E-state index contributed by atoms with van der Waals surface area (Å²) in [5, 5.41) is 12.8. The Morgan fingerprint density at radius 3 is 1.47 bits per heavy atom. The zero-order valence-electron chi connectivity index (χ0n) is 29.8. The molecule has 0 fully saturated rings. The SMILES string of the molecule is CC1(C)c2cc(-c3ccc4cc(-c5c6ccccc6c(-c6cccc7ccccc67)c6ccccc56)ccc4c3)ccc2-c2ccc3ccccc3c21. The van der Waals surface area contributed by atoms with Gasteiger partial charge in [0.15, 0.2) is 0 Å². The first-order valence-corrected chi connectivity index (χ1v) is 18.7. The van der Waals surface area contributed by atoms with Crippen LogP contribution >= 0.6 is 0 Å². The molecule has 0 radical (unpaired) electrons. The highest BCUT2D eigenvalue weighted by Crippen LogP contribution is 2.52. The molecule has 10 aromatic carbocycles. The minimum absolute atomic E-state index is 0.0814. The summed E-state index contributed by atoms with van der Waals surface area (Å²) in [5.74, 6) is 0. The van der Waals surface area contributed by atoms with Crippen LogP contribution in [-0.4, -0.2) is 0 Å². The van der Waals surface area contributed by atoms with Gasteiger partial charge in [-0.15, -0.1) is 0 Å². The predicted molar refractivity (Wildman–Crippen MR) is 228 cm³/mol. The molecule has 0 nitrogen and oxygen atoms in total. The molecule has 0 amide bonds. The molecule has 1 aliphatic carbocycles. The second-order valence-corrected chi connectivity index (χ2v) is 15.2. The summed E-state index contributed by atoms with van der Waals surface area (Å²) in [7, 11) is 0. The van der Waals surface area contributed by atoms with Crippen LogP contribution < -0.4 is 0 Å². The fraction of sp³-hybridized carbons (Fsp3) is 0.0566. The van der Waals surface area contributed by atoms with Crippen LogP contribution in [0.5, 0.6) is 0 Å². The van der Waals surface area contributed by atoms with Crippen LogP contribution in [0.15, 0.2) is 182 Å². The van der Waals surface area contributed by atoms with Gasteiger partial charge in [0.1, 0.15) is 0 Å². The van der Waals surface area contributed by atoms with Crippen molar-refractivity contribution in [3.63, 3.8) is 0 Å². The maximum Gasteiger partial charge on any atom is 0.0165 e. The van der Waals surface area contributed by atoms with Gasteiger partial charge in [0.2, 0.25) is 0 Å². The summed E-state index contributed by atoms with van der Waals surface area (Å²) in [6.07, 6.45) is 0. The van der Waals surface area contributed by atoms with Crippen molar-refractivity contribution in [3.05, 3.63) is 193 Å². The molecule has 53 heavy (non-hydrogen) atoms. The highest BCUT2D eigenvalue weighted by molar-refractivity contribution is 6.23. The van der Waals surface area contributed by atoms with Gasteiger partial charge in [-0.1, -0.05) is 178 Å². The topological polar surface area (TPSA) is 0 Å². The molecule has 1 aliphatic rings. The Morgan fingerprint density at radius 1 is 0.302 bits per heavy atom. The fourth-order valence-electron chi connectivity index (χ4n) is 9.53. The number of rotatable bonds is 3. The Bertz CT molecular complexity index is 3080. The van der Waals surface area contributed by atoms with Crippen molar-refractivity contribution < 1.29 is 0 Å². The molecule has 0 aliphatic heterocycles. The molecule has 0 saturated carbocycles. The highest BCUT2D eigenvalue weighted by atomic mass is 14.4. The van der Waals surface area contributed by atoms with E-state index in [0.717, 1.165) is 0 Å². The van der Waals surface area contributed by atoms with Gasteiger partial charge in [-0.05, 0) is 128 Å². The maximum absolute atomic E-state index is 2.44. The van der Waals surface area contributed by atoms with Crippen LogP contribution in [0.3, 0.4) is 0 Å². The van der Waals surface area contributed by atoms with Gasteiger partial charge in [-0.25, -0.2) is 0 Å². The number of benzene rings is 10. The van der Waals surface area contributed by atoms with E-state index in [2.05, 4.69) is 196 Å². The number of fused-ring (bicyclic) bond motifs is 9.